The molecule has 10 heavy (non-hydrogen) atoms. The largest absolute Gasteiger partial charge is 0.325 e. The van der Waals surface area contributed by atoms with Crippen LogP contribution >= 0.6 is 0 Å². The number of nitrogens with zero attached hydrogens (tertiary/aromatic N) is 1. The fourth-order valence-corrected chi connectivity index (χ4v) is 2.67. The number of hydrogen-bond donors (Lipinski definition) is 1. The lowest BCUT2D eigenvalue weighted by atomic mass is 9.66. The summed E-state index contributed by atoms with van der Waals surface area (Å²) < 4.78 is 0. The van der Waals surface area contributed by atoms with E-state index < -0.39 is 0 Å². The summed E-state index contributed by atoms with van der Waals surface area (Å²) in [7, 11) is 0. The van der Waals surface area contributed by atoms with Crippen molar-refractivity contribution in [1.29, 1.82) is 0 Å². The Morgan fingerprint density at radius 1 is 1.40 bits per heavy atom. The molecular weight excluding hydrogens is 124 g/mol. The highest BCUT2D eigenvalue weighted by Gasteiger charge is 2.60. The van der Waals surface area contributed by atoms with Crippen molar-refractivity contribution in [3.8, 4) is 0 Å². The summed E-state index contributed by atoms with van der Waals surface area (Å²) >= 11 is 0. The van der Waals surface area contributed by atoms with Crippen LogP contribution in [0.1, 0.15) is 25.7 Å². The van der Waals surface area contributed by atoms with Crippen LogP contribution in [0.2, 0.25) is 0 Å². The molecule has 3 aliphatic rings. The molecule has 2 heteroatoms. The highest BCUT2D eigenvalue weighted by Crippen LogP contribution is 2.60. The zero-order chi connectivity index (χ0) is 7.24. The maximum Gasteiger partial charge on any atom is 0.220 e. The summed E-state index contributed by atoms with van der Waals surface area (Å²) in [6.45, 7) is 7.48. The average molecular weight is 136 g/mol. The lowest BCUT2D eigenvalue weighted by Crippen LogP contribution is -2.51. The Morgan fingerprint density at radius 3 is 2.50 bits per heavy atom. The Bertz CT molecular complexity index is 196. The molecule has 0 aromatic carbocycles. The second-order valence-electron chi connectivity index (χ2n) is 4.03. The number of fused-ring (bicyclic) bond motifs is 1. The number of rotatable bonds is 1. The summed E-state index contributed by atoms with van der Waals surface area (Å²) in [6, 6.07) is 0. The molecule has 2 nitrogen and oxygen atoms in total. The molecule has 3 aliphatic carbocycles. The van der Waals surface area contributed by atoms with Gasteiger partial charge in [-0.15, -0.1) is 0 Å². The van der Waals surface area contributed by atoms with Crippen molar-refractivity contribution < 1.29 is 0 Å². The lowest BCUT2D eigenvalue weighted by molar-refractivity contribution is 0.134. The van der Waals surface area contributed by atoms with E-state index in [-0.39, 0.29) is 5.54 Å². The number of hydrogen-bond acceptors (Lipinski definition) is 1. The van der Waals surface area contributed by atoms with Crippen LogP contribution in [-0.2, 0) is 0 Å². The summed E-state index contributed by atoms with van der Waals surface area (Å²) in [4.78, 5) is 3.45. The summed E-state index contributed by atoms with van der Waals surface area (Å²) in [5, 5.41) is 0. The first-order valence-corrected chi connectivity index (χ1v) is 3.80. The van der Waals surface area contributed by atoms with Gasteiger partial charge in [0.1, 0.15) is 0 Å². The van der Waals surface area contributed by atoms with Gasteiger partial charge in [0.2, 0.25) is 6.54 Å². The zero-order valence-corrected chi connectivity index (χ0v) is 6.06. The third kappa shape index (κ3) is 0.615. The topological polar surface area (TPSA) is 30.4 Å². The summed E-state index contributed by atoms with van der Waals surface area (Å²) in [5.74, 6) is 0. The van der Waals surface area contributed by atoms with Gasteiger partial charge in [-0.1, -0.05) is 0 Å². The molecule has 0 atom stereocenters. The normalized spacial score (nSPS) is 50.0. The van der Waals surface area contributed by atoms with Crippen LogP contribution in [0, 0.1) is 12.0 Å². The maximum atomic E-state index is 6.77. The SMILES string of the molecule is [C-]#[N+]CC12CCC(N)(C1)C2. The van der Waals surface area contributed by atoms with Crippen LogP contribution < -0.4 is 5.73 Å². The van der Waals surface area contributed by atoms with Gasteiger partial charge in [-0.25, -0.2) is 6.57 Å². The van der Waals surface area contributed by atoms with Gasteiger partial charge in [-0.3, -0.25) is 0 Å². The fourth-order valence-electron chi connectivity index (χ4n) is 2.67. The first kappa shape index (κ1) is 6.18. The molecule has 54 valence electrons. The molecule has 0 aromatic heterocycles. The van der Waals surface area contributed by atoms with Crippen LogP contribution in [0.15, 0.2) is 0 Å². The van der Waals surface area contributed by atoms with Crippen molar-refractivity contribution in [3.63, 3.8) is 0 Å². The molecule has 3 saturated carbocycles. The van der Waals surface area contributed by atoms with Crippen molar-refractivity contribution in [2.75, 3.05) is 6.54 Å². The van der Waals surface area contributed by atoms with Gasteiger partial charge in [0.15, 0.2) is 0 Å². The molecule has 0 aromatic rings. The molecule has 0 aliphatic heterocycles. The van der Waals surface area contributed by atoms with Crippen molar-refractivity contribution in [2.24, 2.45) is 11.1 Å². The minimum absolute atomic E-state index is 0.157. The van der Waals surface area contributed by atoms with Crippen molar-refractivity contribution in [2.45, 2.75) is 31.2 Å². The zero-order valence-electron chi connectivity index (χ0n) is 6.06. The highest BCUT2D eigenvalue weighted by molar-refractivity contribution is 5.16. The lowest BCUT2D eigenvalue weighted by Gasteiger charge is -2.41. The molecular formula is C8H12N2. The number of nitrogens with two attached hydrogens (primary N) is 1. The van der Waals surface area contributed by atoms with Gasteiger partial charge in [-0.05, 0) is 25.7 Å². The molecule has 2 N–H and O–H groups in total. The van der Waals surface area contributed by atoms with E-state index in [1.807, 2.05) is 0 Å². The monoisotopic (exact) mass is 136 g/mol. The molecule has 0 saturated heterocycles. The molecule has 0 spiro atoms. The van der Waals surface area contributed by atoms with Crippen LogP contribution in [0.3, 0.4) is 0 Å². The third-order valence-corrected chi connectivity index (χ3v) is 3.02. The van der Waals surface area contributed by atoms with E-state index in [0.29, 0.717) is 12.0 Å². The molecule has 0 unspecified atom stereocenters. The van der Waals surface area contributed by atoms with E-state index in [2.05, 4.69) is 4.85 Å². The van der Waals surface area contributed by atoms with Gasteiger partial charge < -0.3 is 10.6 Å². The first-order valence-electron chi connectivity index (χ1n) is 3.80. The fraction of sp³-hybridized carbons (Fsp3) is 0.875. The Hall–Kier alpha value is -0.550. The minimum Gasteiger partial charge on any atom is -0.325 e. The first-order chi connectivity index (χ1) is 4.68. The Balaban J connectivity index is 2.08. The van der Waals surface area contributed by atoms with Gasteiger partial charge >= 0.3 is 0 Å². The Labute approximate surface area is 61.2 Å². The predicted molar refractivity (Wildman–Crippen MR) is 39.3 cm³/mol. The standard InChI is InChI=1S/C8H12N2/c1-10-6-7-2-3-8(9,4-7)5-7/h2-6,9H2. The van der Waals surface area contributed by atoms with Crippen LogP contribution in [0.5, 0.6) is 0 Å². The van der Waals surface area contributed by atoms with E-state index in [9.17, 15) is 0 Å². The van der Waals surface area contributed by atoms with Gasteiger partial charge in [0, 0.05) is 11.0 Å². The molecule has 0 heterocycles. The third-order valence-electron chi connectivity index (χ3n) is 3.02. The highest BCUT2D eigenvalue weighted by atomic mass is 14.9. The molecule has 0 radical (unpaired) electrons. The average Bonchev–Trinajstić information content (AvgIpc) is 2.21. The molecule has 0 amide bonds. The van der Waals surface area contributed by atoms with E-state index in [0.717, 1.165) is 19.3 Å². The van der Waals surface area contributed by atoms with Gasteiger partial charge in [0.25, 0.3) is 0 Å². The van der Waals surface area contributed by atoms with Crippen molar-refractivity contribution in [3.05, 3.63) is 11.4 Å². The Morgan fingerprint density at radius 2 is 2.10 bits per heavy atom. The molecule has 3 fully saturated rings. The Kier molecular flexibility index (Phi) is 0.952. The van der Waals surface area contributed by atoms with E-state index >= 15 is 0 Å². The van der Waals surface area contributed by atoms with Crippen molar-refractivity contribution in [1.82, 2.24) is 0 Å². The maximum absolute atomic E-state index is 6.77. The van der Waals surface area contributed by atoms with E-state index in [1.54, 1.807) is 0 Å². The smallest absolute Gasteiger partial charge is 0.220 e. The van der Waals surface area contributed by atoms with E-state index in [4.69, 9.17) is 12.3 Å². The van der Waals surface area contributed by atoms with Crippen LogP contribution in [0.25, 0.3) is 4.85 Å². The van der Waals surface area contributed by atoms with Crippen LogP contribution in [-0.4, -0.2) is 12.1 Å². The second kappa shape index (κ2) is 1.54. The van der Waals surface area contributed by atoms with Crippen molar-refractivity contribution >= 4 is 0 Å². The molecule has 2 bridgehead atoms. The minimum atomic E-state index is 0.157. The summed E-state index contributed by atoms with van der Waals surface area (Å²) in [5.41, 5.74) is 6.49. The van der Waals surface area contributed by atoms with Gasteiger partial charge in [-0.2, -0.15) is 0 Å². The van der Waals surface area contributed by atoms with E-state index in [1.165, 1.54) is 6.42 Å². The second-order valence-corrected chi connectivity index (χ2v) is 4.03. The molecule has 3 rings (SSSR count). The predicted octanol–water partition coefficient (Wildman–Crippen LogP) is 1.18. The van der Waals surface area contributed by atoms with Gasteiger partial charge in [0.05, 0.1) is 0 Å². The quantitative estimate of drug-likeness (QED) is 0.539. The van der Waals surface area contributed by atoms with Crippen LogP contribution in [0.4, 0.5) is 0 Å². The summed E-state index contributed by atoms with van der Waals surface area (Å²) in [6.07, 6.45) is 4.58.